The maximum Gasteiger partial charge on any atom is 0.412 e. The third-order valence-corrected chi connectivity index (χ3v) is 14.4. The molecule has 376 valence electrons. The van der Waals surface area contributed by atoms with E-state index in [2.05, 4.69) is 24.9 Å². The van der Waals surface area contributed by atoms with Gasteiger partial charge in [-0.1, -0.05) is 94.9 Å². The van der Waals surface area contributed by atoms with Crippen LogP contribution in [0.4, 0.5) is 4.79 Å². The number of ether oxygens (including phenoxy) is 5. The van der Waals surface area contributed by atoms with Gasteiger partial charge in [0.2, 0.25) is 18.0 Å². The van der Waals surface area contributed by atoms with Crippen molar-refractivity contribution in [2.75, 3.05) is 59.3 Å². The molecule has 2 aliphatic heterocycles. The minimum Gasteiger partial charge on any atom is -0.459 e. The summed E-state index contributed by atoms with van der Waals surface area (Å²) in [6.07, 6.45) is 24.1. The Morgan fingerprint density at radius 1 is 0.910 bits per heavy atom. The molecule has 0 spiro atoms. The smallest absolute Gasteiger partial charge is 0.412 e. The lowest BCUT2D eigenvalue weighted by Crippen LogP contribution is -2.70. The number of fused-ring (bicyclic) bond motifs is 2. The zero-order chi connectivity index (χ0) is 47.3. The zero-order valence-corrected chi connectivity index (χ0v) is 40.6. The van der Waals surface area contributed by atoms with Gasteiger partial charge < -0.3 is 54.1 Å². The summed E-state index contributed by atoms with van der Waals surface area (Å²) in [7, 11) is 0. The van der Waals surface area contributed by atoms with E-state index < -0.39 is 30.1 Å². The summed E-state index contributed by atoms with van der Waals surface area (Å²) in [5.74, 6) is -1.29. The van der Waals surface area contributed by atoms with Crippen LogP contribution in [0.2, 0.25) is 0 Å². The van der Waals surface area contributed by atoms with Gasteiger partial charge in [0, 0.05) is 56.5 Å². The number of carbonyl (C=O) groups excluding carboxylic acids is 2. The van der Waals surface area contributed by atoms with Crippen molar-refractivity contribution < 1.29 is 53.4 Å². The number of hydrogen-bond donors (Lipinski definition) is 4. The molecular formula is C53H83N3O11. The first kappa shape index (κ1) is 52.8. The Balaban J connectivity index is 1.37. The second-order valence-electron chi connectivity index (χ2n) is 19.3. The largest absolute Gasteiger partial charge is 0.459 e. The summed E-state index contributed by atoms with van der Waals surface area (Å²) in [6.45, 7) is 8.19. The first-order chi connectivity index (χ1) is 32.9. The highest BCUT2D eigenvalue weighted by atomic mass is 16.8. The number of aliphatic hydroxyl groups is 3. The summed E-state index contributed by atoms with van der Waals surface area (Å²) < 4.78 is 32.3. The van der Waals surface area contributed by atoms with Crippen molar-refractivity contribution in [1.29, 1.82) is 0 Å². The standard InChI is InChI=1S/C53H83N3O11/c1-3-5-6-7-8-9-10-11-12-16-27-54-52(61)65-41-25-26-46-44(37-41)49-42(21-14-18-30-58)40(20-13-17-29-57)36-43-45(55-67-48-22-15-19-33-63-48)38-47(53(66-46,50(43)49)64-32-4-2)56(28-34-62-35-31-59)51(60)39-23-24-39/h4,25-26,36-37,39-40,42,47-50,57-59H,2-3,5-24,27-35,38H2,1H3,(H,54,61). The fraction of sp³-hybridized carbons (Fsp3) is 0.755. The van der Waals surface area contributed by atoms with E-state index in [0.717, 1.165) is 88.2 Å². The number of nitrogens with one attached hydrogen (secondary N) is 1. The summed E-state index contributed by atoms with van der Waals surface area (Å²) in [4.78, 5) is 36.1. The number of allylic oxidation sites excluding steroid dienone is 1. The van der Waals surface area contributed by atoms with E-state index in [9.17, 15) is 24.9 Å². The lowest BCUT2D eigenvalue weighted by molar-refractivity contribution is -0.258. The number of aliphatic hydroxyl groups excluding tert-OH is 3. The van der Waals surface area contributed by atoms with E-state index in [-0.39, 0.29) is 82.2 Å². The van der Waals surface area contributed by atoms with Crippen molar-refractivity contribution >= 4 is 17.7 Å². The number of hydrogen-bond acceptors (Lipinski definition) is 12. The van der Waals surface area contributed by atoms with Gasteiger partial charge in [-0.3, -0.25) is 4.79 Å². The van der Waals surface area contributed by atoms with E-state index in [0.29, 0.717) is 43.2 Å². The van der Waals surface area contributed by atoms with Gasteiger partial charge in [0.15, 0.2) is 0 Å². The second kappa shape index (κ2) is 28.2. The van der Waals surface area contributed by atoms with Gasteiger partial charge in [0.05, 0.1) is 44.7 Å². The van der Waals surface area contributed by atoms with Crippen LogP contribution in [0, 0.1) is 23.7 Å². The van der Waals surface area contributed by atoms with E-state index >= 15 is 0 Å². The van der Waals surface area contributed by atoms with E-state index in [4.69, 9.17) is 33.7 Å². The number of benzene rings is 1. The van der Waals surface area contributed by atoms with Crippen LogP contribution in [0.25, 0.3) is 0 Å². The Kier molecular flexibility index (Phi) is 22.2. The number of nitrogens with zero attached hydrogens (tertiary/aromatic N) is 2. The molecular weight excluding hydrogens is 855 g/mol. The number of unbranched alkanes of at least 4 members (excludes halogenated alkanes) is 11. The average Bonchev–Trinajstić information content (AvgIpc) is 4.20. The van der Waals surface area contributed by atoms with Gasteiger partial charge in [0.25, 0.3) is 0 Å². The molecule has 14 heteroatoms. The Hall–Kier alpha value is -3.53. The third-order valence-electron chi connectivity index (χ3n) is 14.4. The fourth-order valence-corrected chi connectivity index (χ4v) is 10.9. The molecule has 5 aliphatic rings. The molecule has 1 aromatic rings. The summed E-state index contributed by atoms with van der Waals surface area (Å²) in [6, 6.07) is 4.88. The van der Waals surface area contributed by atoms with Crippen LogP contribution in [0.15, 0.2) is 47.7 Å². The van der Waals surface area contributed by atoms with Crippen molar-refractivity contribution in [3.63, 3.8) is 0 Å². The molecule has 14 nitrogen and oxygen atoms in total. The molecule has 2 saturated carbocycles. The molecule has 7 atom stereocenters. The van der Waals surface area contributed by atoms with Crippen molar-refractivity contribution in [3.8, 4) is 11.5 Å². The molecule has 0 aromatic heterocycles. The second-order valence-corrected chi connectivity index (χ2v) is 19.3. The maximum absolute atomic E-state index is 14.6. The van der Waals surface area contributed by atoms with Crippen molar-refractivity contribution in [2.24, 2.45) is 28.8 Å². The molecule has 1 saturated heterocycles. The number of carbonyl (C=O) groups is 2. The molecule has 7 unspecified atom stereocenters. The minimum atomic E-state index is -1.42. The summed E-state index contributed by atoms with van der Waals surface area (Å²) in [5.41, 5.74) is 2.50. The first-order valence-corrected chi connectivity index (χ1v) is 26.2. The number of oxime groups is 1. The van der Waals surface area contributed by atoms with Gasteiger partial charge in [-0.2, -0.15) is 0 Å². The summed E-state index contributed by atoms with van der Waals surface area (Å²) in [5, 5.41) is 37.4. The van der Waals surface area contributed by atoms with Crippen LogP contribution >= 0.6 is 0 Å². The van der Waals surface area contributed by atoms with E-state index in [1.807, 2.05) is 17.0 Å². The monoisotopic (exact) mass is 938 g/mol. The van der Waals surface area contributed by atoms with Gasteiger partial charge in [0.1, 0.15) is 17.5 Å². The predicted octanol–water partition coefficient (Wildman–Crippen LogP) is 9.10. The predicted molar refractivity (Wildman–Crippen MR) is 258 cm³/mol. The molecule has 0 radical (unpaired) electrons. The highest BCUT2D eigenvalue weighted by Gasteiger charge is 2.66. The third kappa shape index (κ3) is 14.7. The Morgan fingerprint density at radius 2 is 1.66 bits per heavy atom. The highest BCUT2D eigenvalue weighted by Crippen LogP contribution is 2.62. The Labute approximate surface area is 400 Å². The summed E-state index contributed by atoms with van der Waals surface area (Å²) >= 11 is 0. The number of amides is 2. The molecule has 2 amide bonds. The molecule has 0 bridgehead atoms. The van der Waals surface area contributed by atoms with E-state index in [1.165, 1.54) is 44.9 Å². The van der Waals surface area contributed by atoms with Gasteiger partial charge >= 0.3 is 6.09 Å². The molecule has 67 heavy (non-hydrogen) atoms. The maximum atomic E-state index is 14.6. The molecule has 3 fully saturated rings. The van der Waals surface area contributed by atoms with Gasteiger partial charge in [-0.25, -0.2) is 4.79 Å². The molecule has 4 N–H and O–H groups in total. The molecule has 2 heterocycles. The molecule has 3 aliphatic carbocycles. The fourth-order valence-electron chi connectivity index (χ4n) is 10.9. The normalized spacial score (nSPS) is 25.9. The van der Waals surface area contributed by atoms with Crippen LogP contribution < -0.4 is 14.8 Å². The SMILES string of the molecule is C=CCOC12Oc3ccc(OC(=O)NCCCCCCCCCCCC)cc3C3C(CCCCO)C(CCCCO)C=C(C(=NOC4CCCCO4)CC1N(CCOCCO)C(=O)C1CC1)C32. The Bertz CT molecular complexity index is 1730. The molecule has 6 rings (SSSR count). The van der Waals surface area contributed by atoms with Crippen LogP contribution in [0.1, 0.15) is 160 Å². The van der Waals surface area contributed by atoms with Crippen molar-refractivity contribution in [3.05, 3.63) is 48.1 Å². The number of rotatable bonds is 32. The highest BCUT2D eigenvalue weighted by molar-refractivity contribution is 6.03. The zero-order valence-electron chi connectivity index (χ0n) is 40.6. The van der Waals surface area contributed by atoms with Crippen molar-refractivity contribution in [1.82, 2.24) is 10.2 Å². The van der Waals surface area contributed by atoms with Crippen molar-refractivity contribution in [2.45, 2.75) is 172 Å². The lowest BCUT2D eigenvalue weighted by Gasteiger charge is -2.60. The average molecular weight is 938 g/mol. The van der Waals surface area contributed by atoms with Gasteiger partial charge in [-0.05, 0) is 93.4 Å². The Morgan fingerprint density at radius 3 is 2.34 bits per heavy atom. The van der Waals surface area contributed by atoms with Crippen LogP contribution in [-0.4, -0.2) is 115 Å². The van der Waals surface area contributed by atoms with Crippen LogP contribution in [0.5, 0.6) is 11.5 Å². The minimum absolute atomic E-state index is 0.00168. The van der Waals surface area contributed by atoms with Gasteiger partial charge in [-0.15, -0.1) is 6.58 Å². The molecule has 1 aromatic carbocycles. The van der Waals surface area contributed by atoms with E-state index in [1.54, 1.807) is 12.1 Å². The lowest BCUT2D eigenvalue weighted by atomic mass is 9.55. The first-order valence-electron chi connectivity index (χ1n) is 26.2. The van der Waals surface area contributed by atoms with Crippen LogP contribution in [-0.2, 0) is 23.8 Å². The quantitative estimate of drug-likeness (QED) is 0.0308. The topological polar surface area (TPSA) is 178 Å². The van der Waals surface area contributed by atoms with Crippen LogP contribution in [0.3, 0.4) is 0 Å².